The minimum atomic E-state index is -0.833. The van der Waals surface area contributed by atoms with Crippen LogP contribution in [0, 0.1) is 5.82 Å². The van der Waals surface area contributed by atoms with Crippen molar-refractivity contribution in [2.24, 2.45) is 0 Å². The van der Waals surface area contributed by atoms with Crippen molar-refractivity contribution >= 4 is 16.9 Å². The van der Waals surface area contributed by atoms with Crippen molar-refractivity contribution in [2.75, 3.05) is 6.61 Å². The molecular formula is C32H36FNO6. The zero-order valence-corrected chi connectivity index (χ0v) is 23.1. The van der Waals surface area contributed by atoms with Gasteiger partial charge in [-0.15, -0.1) is 0 Å². The first-order chi connectivity index (χ1) is 19.0. The highest BCUT2D eigenvalue weighted by molar-refractivity contribution is 5.81. The molecular weight excluding hydrogens is 513 g/mol. The first-order valence-corrected chi connectivity index (χ1v) is 13.4. The molecule has 1 aliphatic heterocycles. The van der Waals surface area contributed by atoms with Gasteiger partial charge in [-0.3, -0.25) is 4.79 Å². The normalized spacial score (nSPS) is 13.3. The fourth-order valence-corrected chi connectivity index (χ4v) is 4.84. The maximum absolute atomic E-state index is 13.9. The summed E-state index contributed by atoms with van der Waals surface area (Å²) in [4.78, 5) is 9.00. The van der Waals surface area contributed by atoms with E-state index >= 15 is 0 Å². The molecule has 2 aliphatic rings. The molecule has 0 fully saturated rings. The second-order valence-electron chi connectivity index (χ2n) is 10.7. The Morgan fingerprint density at radius 3 is 2.55 bits per heavy atom. The summed E-state index contributed by atoms with van der Waals surface area (Å²) < 4.78 is 27.4. The zero-order valence-electron chi connectivity index (χ0n) is 23.1. The van der Waals surface area contributed by atoms with Crippen LogP contribution in [0.2, 0.25) is 0 Å². The van der Waals surface area contributed by atoms with E-state index in [4.69, 9.17) is 24.5 Å². The summed E-state index contributed by atoms with van der Waals surface area (Å²) in [6.07, 6.45) is 6.34. The van der Waals surface area contributed by atoms with E-state index in [0.29, 0.717) is 6.42 Å². The van der Waals surface area contributed by atoms with E-state index in [9.17, 15) is 9.50 Å². The van der Waals surface area contributed by atoms with Crippen molar-refractivity contribution in [1.29, 1.82) is 0 Å². The number of aliphatic hydroxyl groups is 1. The lowest BCUT2D eigenvalue weighted by Gasteiger charge is -2.17. The average molecular weight is 550 g/mol. The number of benzene rings is 3. The lowest BCUT2D eigenvalue weighted by molar-refractivity contribution is -0.134. The summed E-state index contributed by atoms with van der Waals surface area (Å²) in [5.41, 5.74) is 3.45. The topological polar surface area (TPSA) is 101 Å². The Balaban J connectivity index is 0.000000217. The summed E-state index contributed by atoms with van der Waals surface area (Å²) in [5.74, 6) is 1.68. The van der Waals surface area contributed by atoms with Gasteiger partial charge in [0, 0.05) is 48.6 Å². The highest BCUT2D eigenvalue weighted by Crippen LogP contribution is 2.36. The number of fused-ring (bicyclic) bond motifs is 3. The molecule has 6 rings (SSSR count). The highest BCUT2D eigenvalue weighted by atomic mass is 19.1. The number of rotatable bonds is 5. The van der Waals surface area contributed by atoms with Gasteiger partial charge in [0.05, 0.1) is 12.2 Å². The highest BCUT2D eigenvalue weighted by Gasteiger charge is 2.20. The van der Waals surface area contributed by atoms with Crippen molar-refractivity contribution in [3.8, 4) is 23.0 Å². The molecule has 0 spiro atoms. The van der Waals surface area contributed by atoms with Gasteiger partial charge < -0.3 is 29.4 Å². The molecule has 4 aromatic rings. The third-order valence-corrected chi connectivity index (χ3v) is 6.80. The summed E-state index contributed by atoms with van der Waals surface area (Å²) >= 11 is 0. The number of aryl methyl sites for hydroxylation is 1. The molecule has 8 heteroatoms. The Labute approximate surface area is 233 Å². The number of nitrogens with zero attached hydrogens (tertiary/aromatic N) is 1. The van der Waals surface area contributed by atoms with Crippen LogP contribution in [-0.2, 0) is 30.6 Å². The van der Waals surface area contributed by atoms with E-state index < -0.39 is 11.6 Å². The van der Waals surface area contributed by atoms with Crippen LogP contribution in [-0.4, -0.2) is 38.1 Å². The summed E-state index contributed by atoms with van der Waals surface area (Å²) in [5, 5.41) is 27.5. The number of carboxylic acids is 1. The standard InChI is InChI=1S/C22H24FNO2.C8H8O2.C2H4O2/c1-22(2,25)11-13-24-12-10-15-14-16(6-8-20(15)24)26-21-9-7-19(23)17-4-3-5-18(17)21;9-7-2-1-6-3-4-10-8(6)5-7;1-2(3)4/h6-10,12,14,25H,3-5,11,13H2,1-2H3;1-2,5,9H,3-4H2;1H3,(H,3,4). The maximum atomic E-state index is 13.9. The molecule has 3 aromatic carbocycles. The lowest BCUT2D eigenvalue weighted by atomic mass is 10.1. The van der Waals surface area contributed by atoms with E-state index in [2.05, 4.69) is 10.6 Å². The van der Waals surface area contributed by atoms with Crippen molar-refractivity contribution < 1.29 is 34.0 Å². The zero-order chi connectivity index (χ0) is 28.9. The first kappa shape index (κ1) is 29.0. The van der Waals surface area contributed by atoms with Gasteiger partial charge in [0.15, 0.2) is 0 Å². The number of halogens is 1. The van der Waals surface area contributed by atoms with Crippen molar-refractivity contribution in [1.82, 2.24) is 4.57 Å². The Kier molecular flexibility index (Phi) is 9.00. The van der Waals surface area contributed by atoms with Gasteiger partial charge in [-0.1, -0.05) is 6.07 Å². The van der Waals surface area contributed by atoms with Gasteiger partial charge in [-0.2, -0.15) is 0 Å². The number of aliphatic carboxylic acids is 1. The van der Waals surface area contributed by atoms with Gasteiger partial charge in [0.2, 0.25) is 0 Å². The van der Waals surface area contributed by atoms with Crippen LogP contribution in [0.3, 0.4) is 0 Å². The molecule has 0 saturated heterocycles. The number of phenols is 1. The molecule has 0 amide bonds. The summed E-state index contributed by atoms with van der Waals surface area (Å²) in [6.45, 7) is 6.25. The summed E-state index contributed by atoms with van der Waals surface area (Å²) in [6, 6.07) is 16.5. The minimum absolute atomic E-state index is 0.121. The van der Waals surface area contributed by atoms with E-state index in [1.54, 1.807) is 18.2 Å². The molecule has 40 heavy (non-hydrogen) atoms. The first-order valence-electron chi connectivity index (χ1n) is 13.4. The smallest absolute Gasteiger partial charge is 0.300 e. The molecule has 7 nitrogen and oxygen atoms in total. The van der Waals surface area contributed by atoms with Crippen molar-refractivity contribution in [2.45, 2.75) is 65.0 Å². The average Bonchev–Trinajstić information content (AvgIpc) is 3.64. The molecule has 212 valence electrons. The van der Waals surface area contributed by atoms with Crippen LogP contribution in [0.15, 0.2) is 60.8 Å². The van der Waals surface area contributed by atoms with Crippen LogP contribution in [0.1, 0.15) is 50.3 Å². The fourth-order valence-electron chi connectivity index (χ4n) is 4.84. The molecule has 1 aliphatic carbocycles. The van der Waals surface area contributed by atoms with E-state index in [1.807, 2.05) is 44.3 Å². The number of phenolic OH excluding ortho intramolecular Hbond substituents is 1. The minimum Gasteiger partial charge on any atom is -0.508 e. The van der Waals surface area contributed by atoms with Crippen LogP contribution in [0.4, 0.5) is 4.39 Å². The number of aromatic nitrogens is 1. The van der Waals surface area contributed by atoms with Gasteiger partial charge in [0.25, 0.3) is 5.97 Å². The predicted molar refractivity (Wildman–Crippen MR) is 152 cm³/mol. The lowest BCUT2D eigenvalue weighted by Crippen LogP contribution is -2.20. The van der Waals surface area contributed by atoms with Gasteiger partial charge in [0.1, 0.15) is 28.8 Å². The Morgan fingerprint density at radius 1 is 1.05 bits per heavy atom. The molecule has 0 saturated carbocycles. The Morgan fingerprint density at radius 2 is 1.80 bits per heavy atom. The quantitative estimate of drug-likeness (QED) is 0.258. The monoisotopic (exact) mass is 549 g/mol. The van der Waals surface area contributed by atoms with Gasteiger partial charge in [-0.25, -0.2) is 4.39 Å². The molecule has 2 heterocycles. The van der Waals surface area contributed by atoms with Crippen molar-refractivity contribution in [3.63, 3.8) is 0 Å². The molecule has 0 atom stereocenters. The maximum Gasteiger partial charge on any atom is 0.300 e. The number of carboxylic acid groups (broad SMARTS) is 1. The molecule has 0 bridgehead atoms. The number of hydrogen-bond acceptors (Lipinski definition) is 5. The third-order valence-electron chi connectivity index (χ3n) is 6.80. The third kappa shape index (κ3) is 7.54. The number of carbonyl (C=O) groups is 1. The number of hydrogen-bond donors (Lipinski definition) is 3. The largest absolute Gasteiger partial charge is 0.508 e. The molecule has 0 unspecified atom stereocenters. The van der Waals surface area contributed by atoms with Crippen LogP contribution < -0.4 is 9.47 Å². The van der Waals surface area contributed by atoms with E-state index in [0.717, 1.165) is 85.0 Å². The van der Waals surface area contributed by atoms with Crippen LogP contribution in [0.5, 0.6) is 23.0 Å². The van der Waals surface area contributed by atoms with Crippen LogP contribution in [0.25, 0.3) is 10.9 Å². The second-order valence-corrected chi connectivity index (χ2v) is 10.7. The molecule has 0 radical (unpaired) electrons. The molecule has 1 aromatic heterocycles. The summed E-state index contributed by atoms with van der Waals surface area (Å²) in [7, 11) is 0. The Bertz CT molecular complexity index is 1480. The van der Waals surface area contributed by atoms with Crippen molar-refractivity contribution in [3.05, 3.63) is 83.3 Å². The molecule has 3 N–H and O–H groups in total. The predicted octanol–water partition coefficient (Wildman–Crippen LogP) is 6.64. The second kappa shape index (κ2) is 12.4. The number of ether oxygens (including phenoxy) is 2. The van der Waals surface area contributed by atoms with Gasteiger partial charge in [-0.05, 0) is 93.1 Å². The number of aromatic hydroxyl groups is 1. The van der Waals surface area contributed by atoms with E-state index in [1.165, 1.54) is 11.6 Å². The Hall–Kier alpha value is -4.04. The van der Waals surface area contributed by atoms with E-state index in [-0.39, 0.29) is 11.6 Å². The SMILES string of the molecule is CC(=O)O.CC(C)(O)CCn1ccc2cc(Oc3ccc(F)c4c3CCC4)ccc21.Oc1ccc2c(c1)OCC2. The van der Waals surface area contributed by atoms with Crippen LogP contribution >= 0.6 is 0 Å². The fraction of sp³-hybridized carbons (Fsp3) is 0.344. The van der Waals surface area contributed by atoms with Gasteiger partial charge >= 0.3 is 0 Å².